The van der Waals surface area contributed by atoms with E-state index in [4.69, 9.17) is 9.72 Å². The van der Waals surface area contributed by atoms with Crippen LogP contribution in [0, 0.1) is 0 Å². The van der Waals surface area contributed by atoms with E-state index in [0.29, 0.717) is 12.1 Å². The predicted molar refractivity (Wildman–Crippen MR) is 112 cm³/mol. The number of likely N-dealkylation sites (tertiary alicyclic amines) is 1. The van der Waals surface area contributed by atoms with Crippen molar-refractivity contribution in [3.63, 3.8) is 0 Å². The van der Waals surface area contributed by atoms with E-state index in [2.05, 4.69) is 29.2 Å². The highest BCUT2D eigenvalue weighted by Crippen LogP contribution is 2.27. The number of nitrogens with zero attached hydrogens (tertiary/aromatic N) is 3. The lowest BCUT2D eigenvalue weighted by molar-refractivity contribution is 0.0705. The summed E-state index contributed by atoms with van der Waals surface area (Å²) in [5, 5.41) is 0. The van der Waals surface area contributed by atoms with E-state index in [1.54, 1.807) is 31.6 Å². The van der Waals surface area contributed by atoms with Gasteiger partial charge in [-0.2, -0.15) is 0 Å². The lowest BCUT2D eigenvalue weighted by Crippen LogP contribution is -2.39. The van der Waals surface area contributed by atoms with E-state index in [-0.39, 0.29) is 11.8 Å². The zero-order chi connectivity index (χ0) is 20.1. The Balaban J connectivity index is 1.48. The number of pyridine rings is 2. The van der Waals surface area contributed by atoms with Gasteiger partial charge in [-0.1, -0.05) is 18.2 Å². The van der Waals surface area contributed by atoms with E-state index < -0.39 is 0 Å². The van der Waals surface area contributed by atoms with Crippen molar-refractivity contribution in [3.05, 3.63) is 89.5 Å². The summed E-state index contributed by atoms with van der Waals surface area (Å²) < 4.78 is 5.32. The monoisotopic (exact) mass is 387 g/mol. The molecule has 3 aromatic rings. The van der Waals surface area contributed by atoms with Crippen LogP contribution in [0.15, 0.2) is 67.0 Å². The summed E-state index contributed by atoms with van der Waals surface area (Å²) in [5.74, 6) is 1.20. The number of methoxy groups -OCH3 is 1. The maximum Gasteiger partial charge on any atom is 0.253 e. The Morgan fingerprint density at radius 3 is 2.79 bits per heavy atom. The second-order valence-electron chi connectivity index (χ2n) is 7.41. The standard InChI is InChI=1S/C24H25N3O2/c1-29-22-8-2-5-18(16-22)15-21-7-3-9-23(26-21)20-6-4-14-27(17-20)24(28)19-10-12-25-13-11-19/h2-3,5,7-13,16,20H,4,6,14-15,17H2,1H3/t20-/m0/s1. The molecule has 29 heavy (non-hydrogen) atoms. The summed E-state index contributed by atoms with van der Waals surface area (Å²) in [5.41, 5.74) is 3.97. The Hall–Kier alpha value is -3.21. The lowest BCUT2D eigenvalue weighted by Gasteiger charge is -2.32. The molecule has 1 aliphatic rings. The van der Waals surface area contributed by atoms with Gasteiger partial charge in [0.05, 0.1) is 7.11 Å². The van der Waals surface area contributed by atoms with E-state index >= 15 is 0 Å². The van der Waals surface area contributed by atoms with Crippen LogP contribution in [0.3, 0.4) is 0 Å². The first-order valence-electron chi connectivity index (χ1n) is 10.0. The fraction of sp³-hybridized carbons (Fsp3) is 0.292. The third kappa shape index (κ3) is 4.62. The Kier molecular flexibility index (Phi) is 5.84. The zero-order valence-electron chi connectivity index (χ0n) is 16.6. The number of hydrogen-bond donors (Lipinski definition) is 0. The van der Waals surface area contributed by atoms with Crippen LogP contribution >= 0.6 is 0 Å². The van der Waals surface area contributed by atoms with Gasteiger partial charge in [-0.3, -0.25) is 14.8 Å². The highest BCUT2D eigenvalue weighted by Gasteiger charge is 2.26. The Morgan fingerprint density at radius 1 is 1.14 bits per heavy atom. The number of rotatable bonds is 5. The molecule has 1 atom stereocenters. The molecule has 3 heterocycles. The summed E-state index contributed by atoms with van der Waals surface area (Å²) in [6, 6.07) is 17.9. The first-order valence-corrected chi connectivity index (χ1v) is 10.0. The highest BCUT2D eigenvalue weighted by molar-refractivity contribution is 5.94. The van der Waals surface area contributed by atoms with Crippen LogP contribution in [0.2, 0.25) is 0 Å². The summed E-state index contributed by atoms with van der Waals surface area (Å²) >= 11 is 0. The molecule has 0 aliphatic carbocycles. The van der Waals surface area contributed by atoms with Crippen molar-refractivity contribution >= 4 is 5.91 Å². The number of benzene rings is 1. The van der Waals surface area contributed by atoms with Gasteiger partial charge in [0.2, 0.25) is 0 Å². The molecule has 2 aromatic heterocycles. The molecule has 1 fully saturated rings. The number of aromatic nitrogens is 2. The minimum Gasteiger partial charge on any atom is -0.497 e. The molecule has 0 radical (unpaired) electrons. The molecule has 1 amide bonds. The van der Waals surface area contributed by atoms with Gasteiger partial charge in [0.25, 0.3) is 5.91 Å². The van der Waals surface area contributed by atoms with Crippen LogP contribution in [0.25, 0.3) is 0 Å². The second kappa shape index (κ2) is 8.86. The minimum atomic E-state index is 0.0737. The van der Waals surface area contributed by atoms with E-state index in [0.717, 1.165) is 42.9 Å². The molecule has 148 valence electrons. The summed E-state index contributed by atoms with van der Waals surface area (Å²) in [4.78, 5) is 23.7. The fourth-order valence-corrected chi connectivity index (χ4v) is 3.90. The van der Waals surface area contributed by atoms with Crippen LogP contribution < -0.4 is 4.74 Å². The Bertz CT molecular complexity index is 975. The highest BCUT2D eigenvalue weighted by atomic mass is 16.5. The third-order valence-corrected chi connectivity index (χ3v) is 5.40. The molecule has 5 heteroatoms. The first-order chi connectivity index (χ1) is 14.2. The molecule has 5 nitrogen and oxygen atoms in total. The van der Waals surface area contributed by atoms with Gasteiger partial charge in [-0.15, -0.1) is 0 Å². The van der Waals surface area contributed by atoms with Crippen molar-refractivity contribution in [2.45, 2.75) is 25.2 Å². The number of amides is 1. The molecule has 1 saturated heterocycles. The molecule has 1 aromatic carbocycles. The maximum atomic E-state index is 12.8. The number of hydrogen-bond acceptors (Lipinski definition) is 4. The zero-order valence-corrected chi connectivity index (χ0v) is 16.6. The molecule has 0 unspecified atom stereocenters. The van der Waals surface area contributed by atoms with Gasteiger partial charge in [-0.25, -0.2) is 0 Å². The summed E-state index contributed by atoms with van der Waals surface area (Å²) in [6.45, 7) is 1.50. The summed E-state index contributed by atoms with van der Waals surface area (Å²) in [7, 11) is 1.68. The van der Waals surface area contributed by atoms with Crippen LogP contribution in [0.5, 0.6) is 5.75 Å². The lowest BCUT2D eigenvalue weighted by atomic mass is 9.93. The van der Waals surface area contributed by atoms with Crippen molar-refractivity contribution in [3.8, 4) is 5.75 Å². The molecule has 1 aliphatic heterocycles. The molecule has 0 N–H and O–H groups in total. The molecule has 0 saturated carbocycles. The second-order valence-corrected chi connectivity index (χ2v) is 7.41. The SMILES string of the molecule is COc1cccc(Cc2cccc([C@H]3CCCN(C(=O)c4ccncc4)C3)n2)c1. The predicted octanol–water partition coefficient (Wildman–Crippen LogP) is 4.10. The van der Waals surface area contributed by atoms with Crippen LogP contribution in [-0.2, 0) is 6.42 Å². The van der Waals surface area contributed by atoms with Gasteiger partial charge in [0.1, 0.15) is 5.75 Å². The fourth-order valence-electron chi connectivity index (χ4n) is 3.90. The van der Waals surface area contributed by atoms with E-state index in [1.165, 1.54) is 5.56 Å². The van der Waals surface area contributed by atoms with Crippen LogP contribution in [-0.4, -0.2) is 41.0 Å². The van der Waals surface area contributed by atoms with Crippen molar-refractivity contribution in [2.24, 2.45) is 0 Å². The number of piperidine rings is 1. The smallest absolute Gasteiger partial charge is 0.253 e. The number of carbonyl (C=O) groups is 1. The average molecular weight is 387 g/mol. The van der Waals surface area contributed by atoms with Crippen molar-refractivity contribution < 1.29 is 9.53 Å². The molecular formula is C24H25N3O2. The first kappa shape index (κ1) is 19.1. The van der Waals surface area contributed by atoms with Gasteiger partial charge in [0, 0.05) is 54.8 Å². The molecule has 0 bridgehead atoms. The van der Waals surface area contributed by atoms with Crippen LogP contribution in [0.1, 0.15) is 46.1 Å². The normalized spacial score (nSPS) is 16.4. The maximum absolute atomic E-state index is 12.8. The van der Waals surface area contributed by atoms with Crippen molar-refractivity contribution in [1.82, 2.24) is 14.9 Å². The number of carbonyl (C=O) groups excluding carboxylic acids is 1. The quantitative estimate of drug-likeness (QED) is 0.662. The van der Waals surface area contributed by atoms with E-state index in [9.17, 15) is 4.79 Å². The van der Waals surface area contributed by atoms with Crippen LogP contribution in [0.4, 0.5) is 0 Å². The summed E-state index contributed by atoms with van der Waals surface area (Å²) in [6.07, 6.45) is 6.13. The van der Waals surface area contributed by atoms with Gasteiger partial charge in [0.15, 0.2) is 0 Å². The van der Waals surface area contributed by atoms with Crippen molar-refractivity contribution in [2.75, 3.05) is 20.2 Å². The van der Waals surface area contributed by atoms with Gasteiger partial charge in [-0.05, 0) is 54.8 Å². The number of ether oxygens (including phenoxy) is 1. The van der Waals surface area contributed by atoms with Crippen molar-refractivity contribution in [1.29, 1.82) is 0 Å². The Labute approximate surface area is 171 Å². The minimum absolute atomic E-state index is 0.0737. The topological polar surface area (TPSA) is 55.3 Å². The largest absolute Gasteiger partial charge is 0.497 e. The average Bonchev–Trinajstić information content (AvgIpc) is 2.79. The Morgan fingerprint density at radius 2 is 1.97 bits per heavy atom. The van der Waals surface area contributed by atoms with E-state index in [1.807, 2.05) is 23.1 Å². The van der Waals surface area contributed by atoms with Gasteiger partial charge >= 0.3 is 0 Å². The molecule has 0 spiro atoms. The third-order valence-electron chi connectivity index (χ3n) is 5.40. The van der Waals surface area contributed by atoms with Gasteiger partial charge < -0.3 is 9.64 Å². The molecular weight excluding hydrogens is 362 g/mol. The molecule has 4 rings (SSSR count).